The Kier molecular flexibility index (Phi) is 7.95. The zero-order valence-corrected chi connectivity index (χ0v) is 21.0. The minimum atomic E-state index is -3.60. The number of hydrogen-bond acceptors (Lipinski definition) is 4. The summed E-state index contributed by atoms with van der Waals surface area (Å²) in [5.41, 5.74) is 5.94. The summed E-state index contributed by atoms with van der Waals surface area (Å²) in [5, 5.41) is 0.665. The summed E-state index contributed by atoms with van der Waals surface area (Å²) in [6.45, 7) is 10.9. The van der Waals surface area contributed by atoms with Gasteiger partial charge in [0.25, 0.3) is 5.91 Å². The Morgan fingerprint density at radius 3 is 2.64 bits per heavy atom. The highest BCUT2D eigenvalue weighted by atomic mass is 32.2. The van der Waals surface area contributed by atoms with Crippen molar-refractivity contribution in [2.75, 3.05) is 7.05 Å². The highest BCUT2D eigenvalue weighted by molar-refractivity contribution is 7.91. The maximum Gasteiger partial charge on any atom is 0.264 e. The Morgan fingerprint density at radius 2 is 2.03 bits per heavy atom. The summed E-state index contributed by atoms with van der Waals surface area (Å²) in [6.07, 6.45) is 8.76. The summed E-state index contributed by atoms with van der Waals surface area (Å²) in [6, 6.07) is 5.52. The zero-order valence-electron chi connectivity index (χ0n) is 20.1. The maximum atomic E-state index is 12.8. The summed E-state index contributed by atoms with van der Waals surface area (Å²) in [4.78, 5) is 17.1. The van der Waals surface area contributed by atoms with Gasteiger partial charge >= 0.3 is 0 Å². The van der Waals surface area contributed by atoms with Crippen molar-refractivity contribution in [1.82, 2.24) is 9.29 Å². The van der Waals surface area contributed by atoms with E-state index >= 15 is 0 Å². The van der Waals surface area contributed by atoms with E-state index in [0.29, 0.717) is 18.4 Å². The molecule has 2 aromatic rings. The number of aliphatic imine (C=N–C) groups is 1. The molecule has 1 aromatic heterocycles. The number of nitrogens with one attached hydrogen (secondary N) is 1. The van der Waals surface area contributed by atoms with E-state index in [-0.39, 0.29) is 0 Å². The minimum absolute atomic E-state index is 0.358. The first-order valence-electron chi connectivity index (χ1n) is 11.7. The van der Waals surface area contributed by atoms with Gasteiger partial charge < -0.3 is 4.57 Å². The van der Waals surface area contributed by atoms with Crippen LogP contribution in [0.1, 0.15) is 74.5 Å². The van der Waals surface area contributed by atoms with Crippen LogP contribution in [0, 0.1) is 0 Å². The molecular weight excluding hydrogens is 434 g/mol. The van der Waals surface area contributed by atoms with Gasteiger partial charge in [-0.2, -0.15) is 0 Å². The first-order chi connectivity index (χ1) is 15.7. The van der Waals surface area contributed by atoms with Crippen molar-refractivity contribution < 1.29 is 13.2 Å². The van der Waals surface area contributed by atoms with Gasteiger partial charge in [0.1, 0.15) is 0 Å². The Hall–Kier alpha value is -2.67. The van der Waals surface area contributed by atoms with Crippen molar-refractivity contribution in [3.05, 3.63) is 53.8 Å². The predicted octanol–water partition coefficient (Wildman–Crippen LogP) is 5.28. The van der Waals surface area contributed by atoms with Crippen molar-refractivity contribution in [2.45, 2.75) is 71.1 Å². The van der Waals surface area contributed by atoms with Gasteiger partial charge in [0, 0.05) is 41.5 Å². The minimum Gasteiger partial charge on any atom is -0.340 e. The highest BCUT2D eigenvalue weighted by Crippen LogP contribution is 2.34. The van der Waals surface area contributed by atoms with E-state index in [2.05, 4.69) is 34.7 Å². The molecule has 1 fully saturated rings. The third-order valence-electron chi connectivity index (χ3n) is 6.17. The molecule has 0 atom stereocenters. The molecule has 0 unspecified atom stereocenters. The number of hydrogen-bond donors (Lipinski definition) is 1. The molecule has 1 amide bonds. The second-order valence-corrected chi connectivity index (χ2v) is 10.7. The van der Waals surface area contributed by atoms with Crippen LogP contribution < -0.4 is 4.72 Å². The first kappa shape index (κ1) is 25.0. The van der Waals surface area contributed by atoms with Crippen molar-refractivity contribution >= 4 is 38.1 Å². The molecule has 1 heterocycles. The van der Waals surface area contributed by atoms with Gasteiger partial charge in [-0.15, -0.1) is 0 Å². The van der Waals surface area contributed by atoms with E-state index in [9.17, 15) is 13.2 Å². The average Bonchev–Trinajstić information content (AvgIpc) is 3.59. The number of carbonyl (C=O) groups is 1. The normalized spacial score (nSPS) is 15.2. The van der Waals surface area contributed by atoms with E-state index in [1.165, 1.54) is 5.56 Å². The number of allylic oxidation sites excluding steroid dienone is 3. The van der Waals surface area contributed by atoms with E-state index < -0.39 is 21.2 Å². The molecule has 1 aromatic carbocycles. The van der Waals surface area contributed by atoms with Crippen LogP contribution in [0.15, 0.2) is 41.9 Å². The molecule has 1 aliphatic carbocycles. The number of aromatic nitrogens is 1. The van der Waals surface area contributed by atoms with Gasteiger partial charge in [0.2, 0.25) is 10.0 Å². The summed E-state index contributed by atoms with van der Waals surface area (Å²) in [7, 11) is -1.79. The SMILES string of the molecule is C=C/C=C(\C)c1c(CCC)c2ccc(C(=O)NS(=O)(=O)C3CC3)cc2n1CCCC(C)=NC. The van der Waals surface area contributed by atoms with E-state index in [0.717, 1.165) is 60.1 Å². The fourth-order valence-electron chi connectivity index (χ4n) is 4.26. The van der Waals surface area contributed by atoms with E-state index in [4.69, 9.17) is 0 Å². The van der Waals surface area contributed by atoms with Gasteiger partial charge in [-0.3, -0.25) is 9.79 Å². The lowest BCUT2D eigenvalue weighted by atomic mass is 10.0. The molecule has 0 bridgehead atoms. The molecular formula is C26H35N3O3S. The Morgan fingerprint density at radius 1 is 1.30 bits per heavy atom. The molecule has 6 nitrogen and oxygen atoms in total. The van der Waals surface area contributed by atoms with Gasteiger partial charge in [-0.05, 0) is 69.2 Å². The van der Waals surface area contributed by atoms with Gasteiger partial charge in [-0.25, -0.2) is 13.1 Å². The lowest BCUT2D eigenvalue weighted by Gasteiger charge is -2.13. The van der Waals surface area contributed by atoms with Crippen LogP contribution in [0.4, 0.5) is 0 Å². The number of carbonyl (C=O) groups excluding carboxylic acids is 1. The number of aryl methyl sites for hydroxylation is 2. The maximum absolute atomic E-state index is 12.8. The second kappa shape index (κ2) is 10.5. The summed E-state index contributed by atoms with van der Waals surface area (Å²) in [5.74, 6) is -0.567. The Labute approximate surface area is 197 Å². The van der Waals surface area contributed by atoms with E-state index in [1.54, 1.807) is 12.1 Å². The third kappa shape index (κ3) is 5.64. The Balaban J connectivity index is 2.10. The van der Waals surface area contributed by atoms with Crippen LogP contribution >= 0.6 is 0 Å². The van der Waals surface area contributed by atoms with Crippen molar-refractivity contribution in [3.63, 3.8) is 0 Å². The fraction of sp³-hybridized carbons (Fsp3) is 0.462. The van der Waals surface area contributed by atoms with Crippen molar-refractivity contribution in [2.24, 2.45) is 4.99 Å². The topological polar surface area (TPSA) is 80.5 Å². The quantitative estimate of drug-likeness (QED) is 0.359. The van der Waals surface area contributed by atoms with Gasteiger partial charge in [-0.1, -0.05) is 38.1 Å². The monoisotopic (exact) mass is 469 g/mol. The van der Waals surface area contributed by atoms with Crippen LogP contribution in [0.5, 0.6) is 0 Å². The van der Waals surface area contributed by atoms with Gasteiger partial charge in [0.05, 0.1) is 5.25 Å². The lowest BCUT2D eigenvalue weighted by Crippen LogP contribution is -2.33. The molecule has 1 aliphatic rings. The molecule has 3 rings (SSSR count). The molecule has 1 saturated carbocycles. The molecule has 0 saturated heterocycles. The molecule has 0 aliphatic heterocycles. The molecule has 178 valence electrons. The number of fused-ring (bicyclic) bond motifs is 1. The number of rotatable bonds is 11. The second-order valence-electron chi connectivity index (χ2n) is 8.78. The van der Waals surface area contributed by atoms with Crippen LogP contribution in [0.25, 0.3) is 16.5 Å². The van der Waals surface area contributed by atoms with E-state index in [1.807, 2.05) is 32.2 Å². The standard InChI is InChI=1S/C26H35N3O3S/c1-6-9-18(3)25-23(10-7-2)22-15-12-20(26(30)28-33(31,32)21-13-14-21)17-24(22)29(25)16-8-11-19(4)27-5/h6,9,12,15,17,21H,1,7-8,10-11,13-14,16H2,2-5H3,(H,28,30)/b18-9+,27-19?. The highest BCUT2D eigenvalue weighted by Gasteiger charge is 2.37. The van der Waals surface area contributed by atoms with Crippen LogP contribution in [0.2, 0.25) is 0 Å². The largest absolute Gasteiger partial charge is 0.340 e. The number of nitrogens with zero attached hydrogens (tertiary/aromatic N) is 2. The molecule has 1 N–H and O–H groups in total. The van der Waals surface area contributed by atoms with Gasteiger partial charge in [0.15, 0.2) is 0 Å². The van der Waals surface area contributed by atoms with Crippen LogP contribution in [0.3, 0.4) is 0 Å². The van der Waals surface area contributed by atoms with Crippen LogP contribution in [-0.4, -0.2) is 36.9 Å². The molecule has 7 heteroatoms. The average molecular weight is 470 g/mol. The van der Waals surface area contributed by atoms with Crippen LogP contribution in [-0.2, 0) is 23.0 Å². The number of amides is 1. The van der Waals surface area contributed by atoms with Crippen molar-refractivity contribution in [3.8, 4) is 0 Å². The summed E-state index contributed by atoms with van der Waals surface area (Å²) < 4.78 is 29.1. The first-order valence-corrected chi connectivity index (χ1v) is 13.2. The third-order valence-corrected chi connectivity index (χ3v) is 7.99. The predicted molar refractivity (Wildman–Crippen MR) is 137 cm³/mol. The number of sulfonamides is 1. The Bertz CT molecular complexity index is 1220. The number of benzene rings is 1. The molecule has 0 radical (unpaired) electrons. The fourth-order valence-corrected chi connectivity index (χ4v) is 5.56. The molecule has 0 spiro atoms. The zero-order chi connectivity index (χ0) is 24.2. The lowest BCUT2D eigenvalue weighted by molar-refractivity contribution is 0.0981. The van der Waals surface area contributed by atoms with Crippen molar-refractivity contribution in [1.29, 1.82) is 0 Å². The summed E-state index contributed by atoms with van der Waals surface area (Å²) >= 11 is 0. The molecule has 33 heavy (non-hydrogen) atoms. The smallest absolute Gasteiger partial charge is 0.264 e.